The first-order valence-corrected chi connectivity index (χ1v) is 6.59. The first-order valence-electron chi connectivity index (χ1n) is 5.80. The lowest BCUT2D eigenvalue weighted by atomic mass is 10.1. The number of halogens is 1. The summed E-state index contributed by atoms with van der Waals surface area (Å²) in [5.41, 5.74) is 4.31. The van der Waals surface area contributed by atoms with Crippen LogP contribution in [0.25, 0.3) is 0 Å². The SMILES string of the molecule is COc1ccc(/C(C)=N\NC(=O)C2CC2)cc1Br. The average molecular weight is 311 g/mol. The highest BCUT2D eigenvalue weighted by Crippen LogP contribution is 2.29. The van der Waals surface area contributed by atoms with E-state index in [0.29, 0.717) is 0 Å². The molecule has 1 aromatic rings. The van der Waals surface area contributed by atoms with Gasteiger partial charge in [0.15, 0.2) is 0 Å². The third-order valence-electron chi connectivity index (χ3n) is 2.85. The fourth-order valence-electron chi connectivity index (χ4n) is 1.53. The zero-order valence-corrected chi connectivity index (χ0v) is 12.0. The van der Waals surface area contributed by atoms with E-state index in [4.69, 9.17) is 4.74 Å². The molecule has 0 radical (unpaired) electrons. The van der Waals surface area contributed by atoms with Crippen LogP contribution in [-0.2, 0) is 4.79 Å². The standard InChI is InChI=1S/C13H15BrN2O2/c1-8(15-16-13(17)9-3-4-9)10-5-6-12(18-2)11(14)7-10/h5-7,9H,3-4H2,1-2H3,(H,16,17)/b15-8-. The maximum absolute atomic E-state index is 11.5. The summed E-state index contributed by atoms with van der Waals surface area (Å²) in [7, 11) is 1.62. The summed E-state index contributed by atoms with van der Waals surface area (Å²) >= 11 is 3.42. The van der Waals surface area contributed by atoms with Gasteiger partial charge in [-0.25, -0.2) is 5.43 Å². The van der Waals surface area contributed by atoms with Crippen LogP contribution in [0.4, 0.5) is 0 Å². The van der Waals surface area contributed by atoms with E-state index in [0.717, 1.165) is 34.3 Å². The molecule has 0 saturated heterocycles. The van der Waals surface area contributed by atoms with Crippen LogP contribution in [-0.4, -0.2) is 18.7 Å². The van der Waals surface area contributed by atoms with E-state index >= 15 is 0 Å². The Bertz CT molecular complexity index is 496. The van der Waals surface area contributed by atoms with Crippen molar-refractivity contribution in [2.24, 2.45) is 11.0 Å². The fourth-order valence-corrected chi connectivity index (χ4v) is 2.07. The monoisotopic (exact) mass is 310 g/mol. The molecule has 1 aliphatic carbocycles. The van der Waals surface area contributed by atoms with E-state index in [2.05, 4.69) is 26.5 Å². The number of nitrogens with zero attached hydrogens (tertiary/aromatic N) is 1. The van der Waals surface area contributed by atoms with Crippen LogP contribution in [0.5, 0.6) is 5.75 Å². The Morgan fingerprint density at radius 1 is 1.50 bits per heavy atom. The molecule has 4 nitrogen and oxygen atoms in total. The van der Waals surface area contributed by atoms with Gasteiger partial charge in [-0.15, -0.1) is 0 Å². The third-order valence-corrected chi connectivity index (χ3v) is 3.47. The number of ether oxygens (including phenoxy) is 1. The molecule has 1 aromatic carbocycles. The Balaban J connectivity index is 2.07. The average Bonchev–Trinajstić information content (AvgIpc) is 3.19. The lowest BCUT2D eigenvalue weighted by Gasteiger charge is -2.06. The number of benzene rings is 1. The van der Waals surface area contributed by atoms with Gasteiger partial charge in [0.25, 0.3) is 0 Å². The van der Waals surface area contributed by atoms with E-state index in [-0.39, 0.29) is 11.8 Å². The summed E-state index contributed by atoms with van der Waals surface area (Å²) in [6.07, 6.45) is 1.96. The summed E-state index contributed by atoms with van der Waals surface area (Å²) in [5, 5.41) is 4.11. The van der Waals surface area contributed by atoms with Crippen LogP contribution < -0.4 is 10.2 Å². The smallest absolute Gasteiger partial charge is 0.243 e. The van der Waals surface area contributed by atoms with Crippen molar-refractivity contribution in [2.75, 3.05) is 7.11 Å². The van der Waals surface area contributed by atoms with Gasteiger partial charge >= 0.3 is 0 Å². The Kier molecular flexibility index (Phi) is 4.01. The second-order valence-corrected chi connectivity index (χ2v) is 5.15. The van der Waals surface area contributed by atoms with Crippen LogP contribution in [0.15, 0.2) is 27.8 Å². The van der Waals surface area contributed by atoms with Crippen molar-refractivity contribution in [3.63, 3.8) is 0 Å². The van der Waals surface area contributed by atoms with Crippen molar-refractivity contribution in [3.05, 3.63) is 28.2 Å². The van der Waals surface area contributed by atoms with Gasteiger partial charge in [0, 0.05) is 5.92 Å². The molecule has 0 aliphatic heterocycles. The number of nitrogens with one attached hydrogen (secondary N) is 1. The minimum Gasteiger partial charge on any atom is -0.496 e. The number of rotatable bonds is 4. The molecule has 96 valence electrons. The van der Waals surface area contributed by atoms with Crippen LogP contribution in [0.2, 0.25) is 0 Å². The van der Waals surface area contributed by atoms with Gasteiger partial charge in [0.2, 0.25) is 5.91 Å². The highest BCUT2D eigenvalue weighted by atomic mass is 79.9. The topological polar surface area (TPSA) is 50.7 Å². The normalized spacial score (nSPS) is 15.4. The largest absolute Gasteiger partial charge is 0.496 e. The van der Waals surface area contributed by atoms with Crippen molar-refractivity contribution >= 4 is 27.5 Å². The Morgan fingerprint density at radius 3 is 2.78 bits per heavy atom. The summed E-state index contributed by atoms with van der Waals surface area (Å²) in [5.74, 6) is 0.958. The highest BCUT2D eigenvalue weighted by molar-refractivity contribution is 9.10. The summed E-state index contributed by atoms with van der Waals surface area (Å²) < 4.78 is 6.03. The van der Waals surface area contributed by atoms with E-state index in [1.54, 1.807) is 7.11 Å². The number of hydrogen-bond acceptors (Lipinski definition) is 3. The van der Waals surface area contributed by atoms with E-state index in [1.807, 2.05) is 25.1 Å². The molecule has 1 saturated carbocycles. The third kappa shape index (κ3) is 3.10. The first kappa shape index (κ1) is 13.1. The molecule has 1 N–H and O–H groups in total. The van der Waals surface area contributed by atoms with Gasteiger partial charge in [-0.3, -0.25) is 4.79 Å². The van der Waals surface area contributed by atoms with Gasteiger partial charge in [-0.05, 0) is 59.5 Å². The first-order chi connectivity index (χ1) is 8.61. The van der Waals surface area contributed by atoms with Crippen molar-refractivity contribution in [1.82, 2.24) is 5.43 Å². The van der Waals surface area contributed by atoms with E-state index in [1.165, 1.54) is 0 Å². The zero-order chi connectivity index (χ0) is 13.1. The quantitative estimate of drug-likeness (QED) is 0.686. The molecule has 18 heavy (non-hydrogen) atoms. The second-order valence-electron chi connectivity index (χ2n) is 4.30. The Labute approximate surface area is 115 Å². The number of amides is 1. The number of carbonyl (C=O) groups excluding carboxylic acids is 1. The van der Waals surface area contributed by atoms with Crippen LogP contribution in [0.3, 0.4) is 0 Å². The molecule has 1 amide bonds. The molecule has 0 heterocycles. The fraction of sp³-hybridized carbons (Fsp3) is 0.385. The lowest BCUT2D eigenvalue weighted by Crippen LogP contribution is -2.20. The molecule has 0 aromatic heterocycles. The molecule has 0 unspecified atom stereocenters. The highest BCUT2D eigenvalue weighted by Gasteiger charge is 2.29. The molecule has 1 fully saturated rings. The zero-order valence-electron chi connectivity index (χ0n) is 10.4. The molecule has 0 atom stereocenters. The second kappa shape index (κ2) is 5.52. The number of carbonyl (C=O) groups is 1. The lowest BCUT2D eigenvalue weighted by molar-refractivity contribution is -0.122. The van der Waals surface area contributed by atoms with Gasteiger partial charge in [0.05, 0.1) is 17.3 Å². The molecule has 0 bridgehead atoms. The minimum atomic E-state index is 0.0157. The number of methoxy groups -OCH3 is 1. The van der Waals surface area contributed by atoms with Crippen molar-refractivity contribution in [1.29, 1.82) is 0 Å². The molecule has 2 rings (SSSR count). The molecule has 1 aliphatic rings. The van der Waals surface area contributed by atoms with E-state index < -0.39 is 0 Å². The van der Waals surface area contributed by atoms with Gasteiger partial charge in [-0.1, -0.05) is 0 Å². The number of hydrazone groups is 1. The minimum absolute atomic E-state index is 0.0157. The van der Waals surface area contributed by atoms with Gasteiger partial charge in [-0.2, -0.15) is 5.10 Å². The summed E-state index contributed by atoms with van der Waals surface area (Å²) in [6.45, 7) is 1.86. The predicted molar refractivity (Wildman–Crippen MR) is 73.8 cm³/mol. The molecular weight excluding hydrogens is 296 g/mol. The van der Waals surface area contributed by atoms with E-state index in [9.17, 15) is 4.79 Å². The Hall–Kier alpha value is -1.36. The summed E-state index contributed by atoms with van der Waals surface area (Å²) in [4.78, 5) is 11.5. The van der Waals surface area contributed by atoms with Crippen LogP contribution in [0.1, 0.15) is 25.3 Å². The maximum atomic E-state index is 11.5. The van der Waals surface area contributed by atoms with Crippen molar-refractivity contribution < 1.29 is 9.53 Å². The van der Waals surface area contributed by atoms with Crippen molar-refractivity contribution in [2.45, 2.75) is 19.8 Å². The molecule has 0 spiro atoms. The molecular formula is C13H15BrN2O2. The van der Waals surface area contributed by atoms with Gasteiger partial charge < -0.3 is 4.74 Å². The predicted octanol–water partition coefficient (Wildman–Crippen LogP) is 2.71. The number of hydrogen-bond donors (Lipinski definition) is 1. The van der Waals surface area contributed by atoms with Crippen LogP contribution in [0, 0.1) is 5.92 Å². The maximum Gasteiger partial charge on any atom is 0.243 e. The Morgan fingerprint density at radius 2 is 2.22 bits per heavy atom. The van der Waals surface area contributed by atoms with Crippen LogP contribution >= 0.6 is 15.9 Å². The van der Waals surface area contributed by atoms with Crippen molar-refractivity contribution in [3.8, 4) is 5.75 Å². The summed E-state index contributed by atoms with van der Waals surface area (Å²) in [6, 6.07) is 5.69. The molecule has 5 heteroatoms. The van der Waals surface area contributed by atoms with Gasteiger partial charge in [0.1, 0.15) is 5.75 Å².